The van der Waals surface area contributed by atoms with Crippen molar-refractivity contribution in [2.75, 3.05) is 5.32 Å². The molecule has 1 N–H and O–H groups in total. The first-order valence-corrected chi connectivity index (χ1v) is 9.55. The maximum absolute atomic E-state index is 14.1. The number of carbonyl (C=O) groups excluding carboxylic acids is 1. The van der Waals surface area contributed by atoms with Crippen molar-refractivity contribution in [1.82, 2.24) is 29.7 Å². The topological polar surface area (TPSA) is 122 Å². The van der Waals surface area contributed by atoms with Gasteiger partial charge in [0.15, 0.2) is 17.2 Å². The molecule has 4 aromatic rings. The molecule has 32 heavy (non-hydrogen) atoms. The average molecular weight is 432 g/mol. The second kappa shape index (κ2) is 6.84. The Hall–Kier alpha value is -4.33. The number of rotatable bonds is 3. The van der Waals surface area contributed by atoms with Crippen LogP contribution in [0.25, 0.3) is 22.6 Å². The number of nitrogens with one attached hydrogen (secondary N) is 1. The van der Waals surface area contributed by atoms with Gasteiger partial charge in [0, 0.05) is 11.8 Å². The molecule has 0 spiro atoms. The number of nitrogens with zero attached hydrogens (tertiary/aromatic N) is 7. The Labute approximate surface area is 179 Å². The van der Waals surface area contributed by atoms with Gasteiger partial charge in [0.2, 0.25) is 5.91 Å². The van der Waals surface area contributed by atoms with Crippen LogP contribution in [0.2, 0.25) is 0 Å². The highest BCUT2D eigenvalue weighted by molar-refractivity contribution is 6.05. The summed E-state index contributed by atoms with van der Waals surface area (Å²) >= 11 is 0. The minimum Gasteiger partial charge on any atom is -0.310 e. The molecule has 0 aliphatic carbocycles. The van der Waals surface area contributed by atoms with Gasteiger partial charge in [-0.05, 0) is 32.0 Å². The number of anilines is 1. The Bertz CT molecular complexity index is 1470. The molecule has 1 aliphatic rings. The number of nitriles is 1. The summed E-state index contributed by atoms with van der Waals surface area (Å²) in [5, 5.41) is 17.0. The summed E-state index contributed by atoms with van der Waals surface area (Å²) in [5.74, 6) is -1.24. The number of halogens is 2. The molecule has 4 aromatic heterocycles. The predicted molar refractivity (Wildman–Crippen MR) is 108 cm³/mol. The van der Waals surface area contributed by atoms with Crippen LogP contribution in [0.4, 0.5) is 14.6 Å². The van der Waals surface area contributed by atoms with Crippen LogP contribution in [0.15, 0.2) is 30.6 Å². The fourth-order valence-electron chi connectivity index (χ4n) is 3.69. The highest BCUT2D eigenvalue weighted by atomic mass is 19.1. The molecular weight excluding hydrogens is 418 g/mol. The molecule has 158 valence electrons. The summed E-state index contributed by atoms with van der Waals surface area (Å²) < 4.78 is 29.5. The number of carbonyl (C=O) groups is 1. The van der Waals surface area contributed by atoms with E-state index in [-0.39, 0.29) is 52.2 Å². The molecule has 5 heterocycles. The van der Waals surface area contributed by atoms with E-state index < -0.39 is 17.0 Å². The standard InChI is InChI=1S/C21H14F2N8O/c1-21(2)15-13(7-24)27-18(28-17(15)29-20(21)32)16-11-6-10(22)8-26-19(11)31(30-16)9-14-12(23)4-3-5-25-14/h3-6,8H,9H2,1-2H3,(H,27,28,29,32). The number of fused-ring (bicyclic) bond motifs is 2. The second-order valence-electron chi connectivity index (χ2n) is 7.77. The summed E-state index contributed by atoms with van der Waals surface area (Å²) in [4.78, 5) is 29.1. The number of hydrogen-bond donors (Lipinski definition) is 1. The number of hydrogen-bond acceptors (Lipinski definition) is 7. The van der Waals surface area contributed by atoms with Gasteiger partial charge in [-0.2, -0.15) is 10.4 Å². The zero-order chi connectivity index (χ0) is 22.6. The average Bonchev–Trinajstić information content (AvgIpc) is 3.22. The Balaban J connectivity index is 1.72. The lowest BCUT2D eigenvalue weighted by molar-refractivity contribution is -0.119. The number of amides is 1. The SMILES string of the molecule is CC1(C)C(=O)Nc2nc(-c3nn(Cc4ncccc4F)c4ncc(F)cc34)nc(C#N)c21. The van der Waals surface area contributed by atoms with E-state index in [9.17, 15) is 18.8 Å². The summed E-state index contributed by atoms with van der Waals surface area (Å²) in [7, 11) is 0. The van der Waals surface area contributed by atoms with Crippen molar-refractivity contribution in [2.24, 2.45) is 0 Å². The molecule has 1 aliphatic heterocycles. The monoisotopic (exact) mass is 432 g/mol. The van der Waals surface area contributed by atoms with E-state index in [1.54, 1.807) is 13.8 Å². The highest BCUT2D eigenvalue weighted by Crippen LogP contribution is 2.39. The van der Waals surface area contributed by atoms with Gasteiger partial charge in [0.1, 0.15) is 29.2 Å². The lowest BCUT2D eigenvalue weighted by atomic mass is 9.86. The van der Waals surface area contributed by atoms with Gasteiger partial charge < -0.3 is 5.32 Å². The summed E-state index contributed by atoms with van der Waals surface area (Å²) in [5.41, 5.74) is -0.0606. The van der Waals surface area contributed by atoms with Gasteiger partial charge in [-0.15, -0.1) is 0 Å². The van der Waals surface area contributed by atoms with E-state index in [1.165, 1.54) is 29.1 Å². The Kier molecular flexibility index (Phi) is 4.20. The first-order valence-electron chi connectivity index (χ1n) is 9.55. The van der Waals surface area contributed by atoms with E-state index in [0.29, 0.717) is 5.56 Å². The second-order valence-corrected chi connectivity index (χ2v) is 7.77. The van der Waals surface area contributed by atoms with Crippen LogP contribution in [0.5, 0.6) is 0 Å². The van der Waals surface area contributed by atoms with Crippen LogP contribution >= 0.6 is 0 Å². The normalized spacial score (nSPS) is 14.3. The fourth-order valence-corrected chi connectivity index (χ4v) is 3.69. The molecule has 0 aromatic carbocycles. The highest BCUT2D eigenvalue weighted by Gasteiger charge is 2.43. The van der Waals surface area contributed by atoms with Crippen LogP contribution in [0.1, 0.15) is 30.8 Å². The molecule has 0 atom stereocenters. The maximum atomic E-state index is 14.1. The zero-order valence-corrected chi connectivity index (χ0v) is 16.9. The molecule has 5 rings (SSSR count). The Morgan fingerprint density at radius 3 is 2.81 bits per heavy atom. The third-order valence-electron chi connectivity index (χ3n) is 5.34. The summed E-state index contributed by atoms with van der Waals surface area (Å²) in [6.45, 7) is 3.27. The van der Waals surface area contributed by atoms with Gasteiger partial charge in [-0.1, -0.05) is 0 Å². The van der Waals surface area contributed by atoms with Crippen molar-refractivity contribution >= 4 is 22.8 Å². The Morgan fingerprint density at radius 1 is 1.25 bits per heavy atom. The molecule has 11 heteroatoms. The van der Waals surface area contributed by atoms with E-state index in [0.717, 1.165) is 6.20 Å². The number of pyridine rings is 2. The molecule has 0 radical (unpaired) electrons. The van der Waals surface area contributed by atoms with Crippen LogP contribution < -0.4 is 5.32 Å². The van der Waals surface area contributed by atoms with Gasteiger partial charge >= 0.3 is 0 Å². The third-order valence-corrected chi connectivity index (χ3v) is 5.34. The molecule has 1 amide bonds. The smallest absolute Gasteiger partial charge is 0.235 e. The van der Waals surface area contributed by atoms with Crippen molar-refractivity contribution in [3.05, 3.63) is 59.2 Å². The molecule has 0 unspecified atom stereocenters. The van der Waals surface area contributed by atoms with E-state index in [2.05, 4.69) is 30.4 Å². The predicted octanol–water partition coefficient (Wildman–Crippen LogP) is 2.71. The van der Waals surface area contributed by atoms with Crippen molar-refractivity contribution < 1.29 is 13.6 Å². The zero-order valence-electron chi connectivity index (χ0n) is 16.9. The molecular formula is C21H14F2N8O. The van der Waals surface area contributed by atoms with E-state index in [4.69, 9.17) is 0 Å². The molecule has 0 bridgehead atoms. The van der Waals surface area contributed by atoms with Crippen molar-refractivity contribution in [3.63, 3.8) is 0 Å². The minimum absolute atomic E-state index is 0.0101. The largest absolute Gasteiger partial charge is 0.310 e. The maximum Gasteiger partial charge on any atom is 0.235 e. The lowest BCUT2D eigenvalue weighted by Gasteiger charge is -2.15. The van der Waals surface area contributed by atoms with E-state index in [1.807, 2.05) is 6.07 Å². The minimum atomic E-state index is -0.982. The van der Waals surface area contributed by atoms with E-state index >= 15 is 0 Å². The Morgan fingerprint density at radius 2 is 2.06 bits per heavy atom. The first-order chi connectivity index (χ1) is 15.3. The lowest BCUT2D eigenvalue weighted by Crippen LogP contribution is -2.27. The van der Waals surface area contributed by atoms with Crippen LogP contribution in [0.3, 0.4) is 0 Å². The van der Waals surface area contributed by atoms with Gasteiger partial charge in [0.05, 0.1) is 29.2 Å². The van der Waals surface area contributed by atoms with Gasteiger partial charge in [-0.3, -0.25) is 9.78 Å². The molecule has 0 saturated heterocycles. The third kappa shape index (κ3) is 2.88. The number of aromatic nitrogens is 6. The van der Waals surface area contributed by atoms with Crippen LogP contribution in [-0.2, 0) is 16.8 Å². The fraction of sp³-hybridized carbons (Fsp3) is 0.190. The molecule has 0 saturated carbocycles. The van der Waals surface area contributed by atoms with Crippen molar-refractivity contribution in [1.29, 1.82) is 5.26 Å². The summed E-state index contributed by atoms with van der Waals surface area (Å²) in [6.07, 6.45) is 2.47. The van der Waals surface area contributed by atoms with Crippen LogP contribution in [0, 0.1) is 23.0 Å². The first kappa shape index (κ1) is 19.6. The van der Waals surface area contributed by atoms with Crippen molar-refractivity contribution in [3.8, 4) is 17.6 Å². The van der Waals surface area contributed by atoms with Crippen LogP contribution in [-0.4, -0.2) is 35.6 Å². The van der Waals surface area contributed by atoms with Crippen molar-refractivity contribution in [2.45, 2.75) is 25.8 Å². The van der Waals surface area contributed by atoms with Gasteiger partial charge in [-0.25, -0.2) is 28.4 Å². The summed E-state index contributed by atoms with van der Waals surface area (Å²) in [6, 6.07) is 5.95. The van der Waals surface area contributed by atoms with Gasteiger partial charge in [0.25, 0.3) is 0 Å². The molecule has 9 nitrogen and oxygen atoms in total. The quantitative estimate of drug-likeness (QED) is 0.528. The molecule has 0 fully saturated rings.